The number of aromatic nitrogens is 3. The molecule has 3 rings (SSSR count). The van der Waals surface area contributed by atoms with Crippen molar-refractivity contribution in [3.63, 3.8) is 0 Å². The third-order valence-corrected chi connectivity index (χ3v) is 4.09. The second-order valence-corrected chi connectivity index (χ2v) is 6.25. The van der Waals surface area contributed by atoms with Crippen molar-refractivity contribution in [2.75, 3.05) is 4.90 Å². The van der Waals surface area contributed by atoms with Crippen LogP contribution in [0, 0.1) is 0 Å². The molecule has 2 heterocycles. The van der Waals surface area contributed by atoms with E-state index < -0.39 is 0 Å². The number of hydrogen-bond acceptors (Lipinski definition) is 4. The van der Waals surface area contributed by atoms with Crippen LogP contribution in [0.2, 0.25) is 5.15 Å². The Morgan fingerprint density at radius 3 is 2.60 bits per heavy atom. The van der Waals surface area contributed by atoms with Crippen LogP contribution in [0.15, 0.2) is 36.5 Å². The molecule has 0 saturated heterocycles. The highest BCUT2D eigenvalue weighted by molar-refractivity contribution is 6.29. The number of amides is 1. The van der Waals surface area contributed by atoms with Gasteiger partial charge in [-0.2, -0.15) is 5.10 Å². The van der Waals surface area contributed by atoms with E-state index in [4.69, 9.17) is 11.6 Å². The van der Waals surface area contributed by atoms with Gasteiger partial charge in [0.05, 0.1) is 17.7 Å². The Bertz CT molecular complexity index is 980. The van der Waals surface area contributed by atoms with Crippen molar-refractivity contribution in [3.8, 4) is 0 Å². The number of halogens is 1. The molecule has 2 aromatic heterocycles. The van der Waals surface area contributed by atoms with Crippen LogP contribution in [0.25, 0.3) is 10.9 Å². The van der Waals surface area contributed by atoms with Crippen LogP contribution >= 0.6 is 11.6 Å². The van der Waals surface area contributed by atoms with Gasteiger partial charge in [-0.25, -0.2) is 4.98 Å². The highest BCUT2D eigenvalue weighted by Gasteiger charge is 2.21. The van der Waals surface area contributed by atoms with E-state index in [0.717, 1.165) is 16.5 Å². The van der Waals surface area contributed by atoms with E-state index in [9.17, 15) is 9.59 Å². The van der Waals surface area contributed by atoms with Crippen LogP contribution in [0.4, 0.5) is 5.69 Å². The third kappa shape index (κ3) is 3.53. The number of benzene rings is 1. The summed E-state index contributed by atoms with van der Waals surface area (Å²) in [6, 6.07) is 9.38. The first-order chi connectivity index (χ1) is 11.8. The van der Waals surface area contributed by atoms with Gasteiger partial charge in [-0.05, 0) is 23.8 Å². The number of carbonyl (C=O) groups excluding carboxylic acids is 2. The Labute approximate surface area is 150 Å². The van der Waals surface area contributed by atoms with Crippen LogP contribution in [-0.2, 0) is 18.4 Å². The summed E-state index contributed by atoms with van der Waals surface area (Å²) >= 11 is 5.96. The molecule has 0 bridgehead atoms. The zero-order chi connectivity index (χ0) is 18.1. The van der Waals surface area contributed by atoms with E-state index in [-0.39, 0.29) is 17.4 Å². The maximum absolute atomic E-state index is 12.2. The van der Waals surface area contributed by atoms with Crippen LogP contribution in [-0.4, -0.2) is 26.5 Å². The molecule has 0 fully saturated rings. The van der Waals surface area contributed by atoms with Crippen molar-refractivity contribution in [1.82, 2.24) is 14.8 Å². The molecule has 0 atom stereocenters. The van der Waals surface area contributed by atoms with Crippen molar-refractivity contribution in [2.24, 2.45) is 7.05 Å². The Balaban J connectivity index is 2.00. The lowest BCUT2D eigenvalue weighted by Gasteiger charge is -2.20. The Hall–Kier alpha value is -2.73. The van der Waals surface area contributed by atoms with Crippen LogP contribution in [0.1, 0.15) is 29.9 Å². The fourth-order valence-corrected chi connectivity index (χ4v) is 2.86. The maximum atomic E-state index is 12.2. The minimum absolute atomic E-state index is 0.172. The van der Waals surface area contributed by atoms with Crippen molar-refractivity contribution in [2.45, 2.75) is 20.4 Å². The van der Waals surface area contributed by atoms with E-state index in [2.05, 4.69) is 10.1 Å². The van der Waals surface area contributed by atoms with Gasteiger partial charge in [-0.15, -0.1) is 0 Å². The molecule has 0 N–H and O–H groups in total. The Morgan fingerprint density at radius 2 is 1.92 bits per heavy atom. The maximum Gasteiger partial charge on any atom is 0.224 e. The van der Waals surface area contributed by atoms with Gasteiger partial charge in [-0.1, -0.05) is 23.7 Å². The van der Waals surface area contributed by atoms with E-state index >= 15 is 0 Å². The van der Waals surface area contributed by atoms with Crippen LogP contribution < -0.4 is 4.90 Å². The number of nitrogens with zero attached hydrogens (tertiary/aromatic N) is 4. The molecule has 0 spiro atoms. The minimum atomic E-state index is -0.186. The van der Waals surface area contributed by atoms with Crippen LogP contribution in [0.3, 0.4) is 0 Å². The smallest absolute Gasteiger partial charge is 0.224 e. The van der Waals surface area contributed by atoms with E-state index in [1.165, 1.54) is 23.4 Å². The van der Waals surface area contributed by atoms with Gasteiger partial charge in [0.1, 0.15) is 5.15 Å². The van der Waals surface area contributed by atoms with Crippen molar-refractivity contribution in [3.05, 3.63) is 52.9 Å². The molecule has 6 nitrogen and oxygen atoms in total. The average molecular weight is 357 g/mol. The lowest BCUT2D eigenvalue weighted by atomic mass is 10.1. The number of hydrogen-bond donors (Lipinski definition) is 0. The number of Topliss-reactive ketones (excluding diaryl/α,β-unsaturated/α-hetero) is 1. The summed E-state index contributed by atoms with van der Waals surface area (Å²) in [6.45, 7) is 3.21. The molecule has 25 heavy (non-hydrogen) atoms. The predicted molar refractivity (Wildman–Crippen MR) is 96.8 cm³/mol. The number of aryl methyl sites for hydroxylation is 1. The molecule has 1 amide bonds. The van der Waals surface area contributed by atoms with Crippen molar-refractivity contribution in [1.29, 1.82) is 0 Å². The average Bonchev–Trinajstić information content (AvgIpc) is 2.93. The van der Waals surface area contributed by atoms with Crippen molar-refractivity contribution < 1.29 is 9.59 Å². The molecule has 0 aliphatic rings. The van der Waals surface area contributed by atoms with Gasteiger partial charge in [0.2, 0.25) is 5.91 Å². The van der Waals surface area contributed by atoms with E-state index in [1.54, 1.807) is 19.3 Å². The monoisotopic (exact) mass is 356 g/mol. The molecule has 7 heteroatoms. The van der Waals surface area contributed by atoms with E-state index in [1.807, 2.05) is 24.3 Å². The topological polar surface area (TPSA) is 68.1 Å². The first-order valence-electron chi connectivity index (χ1n) is 7.73. The highest BCUT2D eigenvalue weighted by atomic mass is 35.5. The lowest BCUT2D eigenvalue weighted by Crippen LogP contribution is -2.28. The molecule has 0 unspecified atom stereocenters. The first kappa shape index (κ1) is 17.1. The Kier molecular flexibility index (Phi) is 4.55. The number of fused-ring (bicyclic) bond motifs is 1. The summed E-state index contributed by atoms with van der Waals surface area (Å²) in [4.78, 5) is 29.9. The number of carbonyl (C=O) groups is 2. The summed E-state index contributed by atoms with van der Waals surface area (Å²) in [5.74, 6) is -0.358. The van der Waals surface area contributed by atoms with Gasteiger partial charge in [0, 0.05) is 32.5 Å². The first-order valence-corrected chi connectivity index (χ1v) is 8.11. The summed E-state index contributed by atoms with van der Waals surface area (Å²) in [6.07, 6.45) is 1.67. The van der Waals surface area contributed by atoms with Gasteiger partial charge >= 0.3 is 0 Å². The van der Waals surface area contributed by atoms with Crippen molar-refractivity contribution >= 4 is 39.9 Å². The summed E-state index contributed by atoms with van der Waals surface area (Å²) in [7, 11) is 1.72. The summed E-state index contributed by atoms with van der Waals surface area (Å²) in [5, 5.41) is 5.54. The van der Waals surface area contributed by atoms with Gasteiger partial charge in [0.15, 0.2) is 11.5 Å². The molecule has 1 aromatic carbocycles. The summed E-state index contributed by atoms with van der Waals surface area (Å²) in [5.41, 5.74) is 2.42. The molecule has 0 aliphatic heterocycles. The zero-order valence-electron chi connectivity index (χ0n) is 14.2. The second kappa shape index (κ2) is 6.64. The van der Waals surface area contributed by atoms with Gasteiger partial charge < -0.3 is 4.90 Å². The molecular weight excluding hydrogens is 340 g/mol. The van der Waals surface area contributed by atoms with E-state index in [0.29, 0.717) is 17.4 Å². The highest BCUT2D eigenvalue weighted by Crippen LogP contribution is 2.24. The second-order valence-electron chi connectivity index (χ2n) is 5.86. The summed E-state index contributed by atoms with van der Waals surface area (Å²) < 4.78 is 1.53. The van der Waals surface area contributed by atoms with Gasteiger partial charge in [-0.3, -0.25) is 14.3 Å². The fraction of sp³-hybridized carbons (Fsp3) is 0.222. The third-order valence-electron chi connectivity index (χ3n) is 3.88. The zero-order valence-corrected chi connectivity index (χ0v) is 14.9. The number of ketones is 1. The Morgan fingerprint density at radius 1 is 1.20 bits per heavy atom. The molecule has 128 valence electrons. The minimum Gasteiger partial charge on any atom is -0.305 e. The quantitative estimate of drug-likeness (QED) is 0.531. The molecule has 0 aliphatic carbocycles. The number of pyridine rings is 1. The predicted octanol–water partition coefficient (Wildman–Crippen LogP) is 3.38. The lowest BCUT2D eigenvalue weighted by molar-refractivity contribution is -0.116. The largest absolute Gasteiger partial charge is 0.305 e. The fourth-order valence-electron chi connectivity index (χ4n) is 2.71. The van der Waals surface area contributed by atoms with Crippen LogP contribution in [0.5, 0.6) is 0 Å². The SMILES string of the molecule is CC(=O)c1nn(C)cc1N(Cc1ccc2ccc(Cl)nc2c1)C(C)=O. The molecule has 0 saturated carbocycles. The number of anilines is 1. The molecule has 3 aromatic rings. The standard InChI is InChI=1S/C18H17ClN4O2/c1-11(24)18-16(10-22(3)21-18)23(12(2)25)9-13-4-5-14-6-7-17(19)20-15(14)8-13/h4-8,10H,9H2,1-3H3. The van der Waals surface area contributed by atoms with Gasteiger partial charge in [0.25, 0.3) is 0 Å². The molecule has 0 radical (unpaired) electrons. The molecular formula is C18H17ClN4O2. The number of rotatable bonds is 4. The normalized spacial score (nSPS) is 10.9.